The molecular weight excluding hydrogens is 116 g/mol. The number of hydrogen-bond acceptors (Lipinski definition) is 2. The van der Waals surface area contributed by atoms with E-state index < -0.39 is 5.60 Å². The predicted molar refractivity (Wildman–Crippen MR) is 34.0 cm³/mol. The molecule has 50 valence electrons. The van der Waals surface area contributed by atoms with Gasteiger partial charge in [0.1, 0.15) is 5.60 Å². The van der Waals surface area contributed by atoms with E-state index in [0.29, 0.717) is 6.42 Å². The Morgan fingerprint density at radius 3 is 2.67 bits per heavy atom. The van der Waals surface area contributed by atoms with Gasteiger partial charge in [0.15, 0.2) is 5.78 Å². The Labute approximate surface area is 54.2 Å². The van der Waals surface area contributed by atoms with E-state index in [2.05, 4.69) is 0 Å². The number of carbonyl (C=O) groups excluding carboxylic acids is 1. The Morgan fingerprint density at radius 1 is 1.78 bits per heavy atom. The van der Waals surface area contributed by atoms with Gasteiger partial charge in [-0.3, -0.25) is 4.79 Å². The van der Waals surface area contributed by atoms with Crippen molar-refractivity contribution in [3.05, 3.63) is 12.2 Å². The highest BCUT2D eigenvalue weighted by Crippen LogP contribution is 2.22. The lowest BCUT2D eigenvalue weighted by atomic mass is 10.00. The molecule has 1 aliphatic carbocycles. The minimum Gasteiger partial charge on any atom is -0.378 e. The number of rotatable bonds is 1. The van der Waals surface area contributed by atoms with Gasteiger partial charge < -0.3 is 5.11 Å². The molecule has 1 atom stereocenters. The van der Waals surface area contributed by atoms with Crippen LogP contribution in [0.1, 0.15) is 19.8 Å². The number of carbonyl (C=O) groups is 1. The largest absolute Gasteiger partial charge is 0.378 e. The van der Waals surface area contributed by atoms with Gasteiger partial charge in [0, 0.05) is 0 Å². The van der Waals surface area contributed by atoms with E-state index in [1.807, 2.05) is 6.08 Å². The molecule has 0 fully saturated rings. The molecule has 0 amide bonds. The second-order valence-corrected chi connectivity index (χ2v) is 2.42. The van der Waals surface area contributed by atoms with Crippen molar-refractivity contribution < 1.29 is 9.90 Å². The van der Waals surface area contributed by atoms with Gasteiger partial charge in [-0.25, -0.2) is 0 Å². The fourth-order valence-electron chi connectivity index (χ4n) is 0.958. The third-order valence-electron chi connectivity index (χ3n) is 1.70. The molecule has 0 bridgehead atoms. The van der Waals surface area contributed by atoms with Gasteiger partial charge in [0.05, 0.1) is 0 Å². The molecule has 1 N–H and O–H groups in total. The van der Waals surface area contributed by atoms with Crippen molar-refractivity contribution in [1.82, 2.24) is 0 Å². The molecule has 0 aromatic rings. The summed E-state index contributed by atoms with van der Waals surface area (Å²) in [6.45, 7) is 1.41. The molecule has 9 heavy (non-hydrogen) atoms. The monoisotopic (exact) mass is 126 g/mol. The molecule has 0 saturated heterocycles. The zero-order valence-electron chi connectivity index (χ0n) is 5.42. The van der Waals surface area contributed by atoms with Crippen LogP contribution in [0.3, 0.4) is 0 Å². The maximum Gasteiger partial charge on any atom is 0.165 e. The second-order valence-electron chi connectivity index (χ2n) is 2.42. The highest BCUT2D eigenvalue weighted by atomic mass is 16.3. The average Bonchev–Trinajstić information content (AvgIpc) is 2.16. The van der Waals surface area contributed by atoms with Gasteiger partial charge in [0.25, 0.3) is 0 Å². The van der Waals surface area contributed by atoms with Crippen LogP contribution < -0.4 is 0 Å². The lowest BCUT2D eigenvalue weighted by Crippen LogP contribution is -2.31. The number of allylic oxidation sites excluding steroid dienone is 1. The SMILES string of the molecule is CC(=O)C1(O)C=CCC1. The molecular formula is C7H10O2. The molecule has 1 rings (SSSR count). The molecule has 2 nitrogen and oxygen atoms in total. The number of Topliss-reactive ketones (excluding diaryl/α,β-unsaturated/α-hetero) is 1. The zero-order valence-corrected chi connectivity index (χ0v) is 5.42. The highest BCUT2D eigenvalue weighted by molar-refractivity contribution is 5.87. The Hall–Kier alpha value is -0.630. The van der Waals surface area contributed by atoms with E-state index in [4.69, 9.17) is 0 Å². The first-order valence-corrected chi connectivity index (χ1v) is 3.06. The first-order chi connectivity index (χ1) is 4.15. The summed E-state index contributed by atoms with van der Waals surface area (Å²) in [6, 6.07) is 0. The maximum absolute atomic E-state index is 10.7. The van der Waals surface area contributed by atoms with Gasteiger partial charge >= 0.3 is 0 Å². The van der Waals surface area contributed by atoms with Crippen LogP contribution in [0.25, 0.3) is 0 Å². The molecule has 2 heteroatoms. The zero-order chi connectivity index (χ0) is 6.91. The van der Waals surface area contributed by atoms with E-state index in [0.717, 1.165) is 6.42 Å². The van der Waals surface area contributed by atoms with Gasteiger partial charge in [0.2, 0.25) is 0 Å². The summed E-state index contributed by atoms with van der Waals surface area (Å²) in [7, 11) is 0. The molecule has 0 aromatic carbocycles. The fraction of sp³-hybridized carbons (Fsp3) is 0.571. The quantitative estimate of drug-likeness (QED) is 0.524. The molecule has 0 spiro atoms. The predicted octanol–water partition coefficient (Wildman–Crippen LogP) is 0.657. The number of ketones is 1. The Kier molecular flexibility index (Phi) is 1.41. The summed E-state index contributed by atoms with van der Waals surface area (Å²) < 4.78 is 0. The van der Waals surface area contributed by atoms with E-state index in [1.54, 1.807) is 6.08 Å². The van der Waals surface area contributed by atoms with Crippen LogP contribution in [0.2, 0.25) is 0 Å². The van der Waals surface area contributed by atoms with E-state index >= 15 is 0 Å². The molecule has 0 aliphatic heterocycles. The van der Waals surface area contributed by atoms with Gasteiger partial charge in [-0.15, -0.1) is 0 Å². The van der Waals surface area contributed by atoms with Gasteiger partial charge in [-0.05, 0) is 25.8 Å². The Morgan fingerprint density at radius 2 is 2.44 bits per heavy atom. The number of hydrogen-bond donors (Lipinski definition) is 1. The van der Waals surface area contributed by atoms with Crippen LogP contribution in [-0.2, 0) is 4.79 Å². The Balaban J connectivity index is 2.74. The molecule has 0 heterocycles. The Bertz CT molecular complexity index is 160. The lowest BCUT2D eigenvalue weighted by molar-refractivity contribution is -0.130. The van der Waals surface area contributed by atoms with Crippen molar-refractivity contribution in [2.45, 2.75) is 25.4 Å². The first kappa shape index (κ1) is 6.49. The van der Waals surface area contributed by atoms with Crippen LogP contribution in [0.5, 0.6) is 0 Å². The van der Waals surface area contributed by atoms with Crippen LogP contribution in [0, 0.1) is 0 Å². The minimum atomic E-state index is -1.12. The topological polar surface area (TPSA) is 37.3 Å². The lowest BCUT2D eigenvalue weighted by Gasteiger charge is -2.14. The first-order valence-electron chi connectivity index (χ1n) is 3.06. The second kappa shape index (κ2) is 1.95. The highest BCUT2D eigenvalue weighted by Gasteiger charge is 2.31. The summed E-state index contributed by atoms with van der Waals surface area (Å²) >= 11 is 0. The van der Waals surface area contributed by atoms with Crippen molar-refractivity contribution in [2.75, 3.05) is 0 Å². The summed E-state index contributed by atoms with van der Waals surface area (Å²) in [6.07, 6.45) is 4.79. The summed E-state index contributed by atoms with van der Waals surface area (Å²) in [5.41, 5.74) is -1.12. The molecule has 1 aliphatic rings. The van der Waals surface area contributed by atoms with Crippen LogP contribution in [0.4, 0.5) is 0 Å². The van der Waals surface area contributed by atoms with Gasteiger partial charge in [-0.1, -0.05) is 6.08 Å². The normalized spacial score (nSPS) is 33.1. The molecule has 0 saturated carbocycles. The van der Waals surface area contributed by atoms with Crippen LogP contribution in [0.15, 0.2) is 12.2 Å². The third kappa shape index (κ3) is 1.03. The van der Waals surface area contributed by atoms with Crippen molar-refractivity contribution in [2.24, 2.45) is 0 Å². The van der Waals surface area contributed by atoms with Crippen molar-refractivity contribution in [3.8, 4) is 0 Å². The molecule has 1 unspecified atom stereocenters. The molecule has 0 aromatic heterocycles. The van der Waals surface area contributed by atoms with Gasteiger partial charge in [-0.2, -0.15) is 0 Å². The van der Waals surface area contributed by atoms with E-state index in [-0.39, 0.29) is 5.78 Å². The van der Waals surface area contributed by atoms with Crippen molar-refractivity contribution >= 4 is 5.78 Å². The molecule has 0 radical (unpaired) electrons. The van der Waals surface area contributed by atoms with E-state index in [9.17, 15) is 9.90 Å². The van der Waals surface area contributed by atoms with Crippen LogP contribution in [-0.4, -0.2) is 16.5 Å². The summed E-state index contributed by atoms with van der Waals surface area (Å²) in [5, 5.41) is 9.33. The van der Waals surface area contributed by atoms with Crippen LogP contribution >= 0.6 is 0 Å². The maximum atomic E-state index is 10.7. The smallest absolute Gasteiger partial charge is 0.165 e. The third-order valence-corrected chi connectivity index (χ3v) is 1.70. The number of aliphatic hydroxyl groups is 1. The van der Waals surface area contributed by atoms with E-state index in [1.165, 1.54) is 6.92 Å². The average molecular weight is 126 g/mol. The standard InChI is InChI=1S/C7H10O2/c1-6(8)7(9)4-2-3-5-7/h2,4,9H,3,5H2,1H3. The fourth-order valence-corrected chi connectivity index (χ4v) is 0.958. The van der Waals surface area contributed by atoms with Crippen molar-refractivity contribution in [3.63, 3.8) is 0 Å². The summed E-state index contributed by atoms with van der Waals surface area (Å²) in [4.78, 5) is 10.7. The minimum absolute atomic E-state index is 0.156. The summed E-state index contributed by atoms with van der Waals surface area (Å²) in [5.74, 6) is -0.156. The van der Waals surface area contributed by atoms with Crippen molar-refractivity contribution in [1.29, 1.82) is 0 Å².